The second-order valence-corrected chi connectivity index (χ2v) is 20.0. The second kappa shape index (κ2) is 23.0. The van der Waals surface area contributed by atoms with Gasteiger partial charge in [0, 0.05) is 55.0 Å². The van der Waals surface area contributed by atoms with E-state index in [-0.39, 0.29) is 37.9 Å². The van der Waals surface area contributed by atoms with Crippen molar-refractivity contribution in [1.29, 1.82) is 0 Å². The van der Waals surface area contributed by atoms with E-state index >= 15 is 0 Å². The number of rotatable bonds is 20. The molecule has 5 atom stereocenters. The lowest BCUT2D eigenvalue weighted by Crippen LogP contribution is -2.65. The Morgan fingerprint density at radius 2 is 1.66 bits per heavy atom. The van der Waals surface area contributed by atoms with E-state index in [1.807, 2.05) is 80.0 Å². The summed E-state index contributed by atoms with van der Waals surface area (Å²) in [5, 5.41) is 20.5. The number of aliphatic carboxylic acids is 1. The van der Waals surface area contributed by atoms with Gasteiger partial charge in [0.2, 0.25) is 17.7 Å². The number of carbonyl (C=O) groups is 4. The Labute approximate surface area is 420 Å². The van der Waals surface area contributed by atoms with Gasteiger partial charge in [-0.15, -0.1) is 0 Å². The number of carboxylic acids is 1. The van der Waals surface area contributed by atoms with Crippen LogP contribution in [0.25, 0.3) is 11.3 Å². The van der Waals surface area contributed by atoms with Crippen molar-refractivity contribution in [3.8, 4) is 22.8 Å². The van der Waals surface area contributed by atoms with E-state index in [1.54, 1.807) is 36.1 Å². The highest BCUT2D eigenvalue weighted by Gasteiger charge is 2.44. The van der Waals surface area contributed by atoms with Crippen LogP contribution in [-0.4, -0.2) is 106 Å². The molecule has 1 aromatic heterocycles. The average Bonchev–Trinajstić information content (AvgIpc) is 4.12. The number of likely N-dealkylation sites (tertiary alicyclic amines) is 2. The number of imidazole rings is 1. The normalized spacial score (nSPS) is 19.3. The van der Waals surface area contributed by atoms with Crippen molar-refractivity contribution < 1.29 is 33.8 Å². The number of halogens is 2. The minimum atomic E-state index is -1.08. The molecule has 0 bridgehead atoms. The van der Waals surface area contributed by atoms with Crippen molar-refractivity contribution in [2.75, 3.05) is 39.9 Å². The zero-order chi connectivity index (χ0) is 49.4. The summed E-state index contributed by atoms with van der Waals surface area (Å²) in [7, 11) is 3.51. The molecule has 14 nitrogen and oxygen atoms in total. The molecule has 0 saturated carbocycles. The number of benzene rings is 4. The van der Waals surface area contributed by atoms with Crippen molar-refractivity contribution in [2.45, 2.75) is 94.9 Å². The van der Waals surface area contributed by atoms with Gasteiger partial charge in [-0.2, -0.15) is 0 Å². The quantitative estimate of drug-likeness (QED) is 0.0602. The van der Waals surface area contributed by atoms with Gasteiger partial charge in [0.25, 0.3) is 0 Å². The van der Waals surface area contributed by atoms with Gasteiger partial charge in [-0.1, -0.05) is 65.7 Å². The number of fused-ring (bicyclic) bond motifs is 1. The van der Waals surface area contributed by atoms with Gasteiger partial charge in [-0.3, -0.25) is 24.1 Å². The number of carbonyl (C=O) groups excluding carboxylic acids is 3. The number of nitrogens with zero attached hydrogens (tertiary/aromatic N) is 4. The smallest absolute Gasteiger partial charge is 0.304 e. The number of piperidine rings is 1. The molecule has 8 rings (SSSR count). The number of aryl methyl sites for hydroxylation is 1. The van der Waals surface area contributed by atoms with Crippen LogP contribution in [0.4, 0.5) is 0 Å². The summed E-state index contributed by atoms with van der Waals surface area (Å²) >= 11 is 12.7. The molecule has 3 unspecified atom stereocenters. The lowest BCUT2D eigenvalue weighted by atomic mass is 9.80. The number of ether oxygens (including phenoxy) is 2. The van der Waals surface area contributed by atoms with Crippen molar-refractivity contribution >= 4 is 46.9 Å². The molecule has 70 heavy (non-hydrogen) atoms. The van der Waals surface area contributed by atoms with Crippen LogP contribution in [0.1, 0.15) is 79.4 Å². The predicted octanol–water partition coefficient (Wildman–Crippen LogP) is 7.93. The number of nitrogens with one attached hydrogen (secondary N) is 3. The van der Waals surface area contributed by atoms with Gasteiger partial charge in [0.1, 0.15) is 23.4 Å². The lowest BCUT2D eigenvalue weighted by molar-refractivity contribution is -0.147. The van der Waals surface area contributed by atoms with Gasteiger partial charge in [-0.25, -0.2) is 4.98 Å². The first-order chi connectivity index (χ1) is 33.8. The summed E-state index contributed by atoms with van der Waals surface area (Å²) in [6.45, 7) is 5.46. The maximum absolute atomic E-state index is 14.6. The highest BCUT2D eigenvalue weighted by atomic mass is 35.5. The minimum absolute atomic E-state index is 0.111. The number of hydrogen-bond donors (Lipinski definition) is 4. The number of aromatic nitrogens is 2. The maximum Gasteiger partial charge on any atom is 0.304 e. The monoisotopic (exact) mass is 991 g/mol. The lowest BCUT2D eigenvalue weighted by Gasteiger charge is -2.45. The molecule has 370 valence electrons. The van der Waals surface area contributed by atoms with Gasteiger partial charge in [-0.05, 0) is 136 Å². The molecule has 16 heteroatoms. The largest absolute Gasteiger partial charge is 0.481 e. The van der Waals surface area contributed by atoms with Gasteiger partial charge >= 0.3 is 5.97 Å². The number of amides is 3. The van der Waals surface area contributed by atoms with Crippen LogP contribution in [0.3, 0.4) is 0 Å². The molecule has 3 heterocycles. The first-order valence-electron chi connectivity index (χ1n) is 24.3. The molecule has 4 aromatic carbocycles. The van der Waals surface area contributed by atoms with Crippen molar-refractivity contribution in [2.24, 2.45) is 13.0 Å². The number of hydrogen-bond acceptors (Lipinski definition) is 9. The van der Waals surface area contributed by atoms with Gasteiger partial charge in [0.05, 0.1) is 49.0 Å². The molecule has 2 fully saturated rings. The Morgan fingerprint density at radius 1 is 0.914 bits per heavy atom. The molecule has 4 N–H and O–H groups in total. The highest BCUT2D eigenvalue weighted by Crippen LogP contribution is 2.41. The molecular formula is C54H63Cl2N7O7. The third kappa shape index (κ3) is 12.4. The summed E-state index contributed by atoms with van der Waals surface area (Å²) in [5.74, 6) is -0.995. The fourth-order valence-corrected chi connectivity index (χ4v) is 10.7. The van der Waals surface area contributed by atoms with Gasteiger partial charge in [0.15, 0.2) is 0 Å². The van der Waals surface area contributed by atoms with Crippen LogP contribution in [0, 0.1) is 5.92 Å². The topological polar surface area (TPSA) is 167 Å². The number of carboxylic acid groups (broad SMARTS) is 1. The van der Waals surface area contributed by atoms with Crippen molar-refractivity contribution in [3.63, 3.8) is 0 Å². The van der Waals surface area contributed by atoms with E-state index in [0.29, 0.717) is 53.8 Å². The van der Waals surface area contributed by atoms with Crippen LogP contribution in [0.5, 0.6) is 11.5 Å². The van der Waals surface area contributed by atoms with Crippen molar-refractivity contribution in [1.82, 2.24) is 35.3 Å². The van der Waals surface area contributed by atoms with Crippen LogP contribution < -0.4 is 20.7 Å². The highest BCUT2D eigenvalue weighted by molar-refractivity contribution is 6.31. The van der Waals surface area contributed by atoms with E-state index in [1.165, 1.54) is 20.0 Å². The Hall–Kier alpha value is -5.77. The van der Waals surface area contributed by atoms with E-state index in [2.05, 4.69) is 25.4 Å². The summed E-state index contributed by atoms with van der Waals surface area (Å²) in [4.78, 5) is 64.1. The zero-order valence-electron chi connectivity index (χ0n) is 40.1. The molecule has 2 saturated heterocycles. The molecule has 5 aromatic rings. The Kier molecular flexibility index (Phi) is 16.6. The van der Waals surface area contributed by atoms with E-state index < -0.39 is 41.3 Å². The molecule has 2 aliphatic heterocycles. The Balaban J connectivity index is 0.924. The van der Waals surface area contributed by atoms with Crippen molar-refractivity contribution in [3.05, 3.63) is 135 Å². The second-order valence-electron chi connectivity index (χ2n) is 19.1. The molecule has 1 aliphatic carbocycles. The zero-order valence-corrected chi connectivity index (χ0v) is 41.6. The summed E-state index contributed by atoms with van der Waals surface area (Å²) in [6.07, 6.45) is 7.00. The SMILES string of the molecule is COCC(NC(=O)C(C)NCc1ccc(Cl)cc1Oc1ccc(-c2cnc(CN3CCCC3)n2C)cc1)C(=O)N[C@@]1(Cc2ccc(Cl)cc2)CCCN(C(=O)C(CC(=O)O)[C@H]2CCc3ccccc32)C1. The summed E-state index contributed by atoms with van der Waals surface area (Å²) < 4.78 is 14.0. The van der Waals surface area contributed by atoms with E-state index in [9.17, 15) is 24.3 Å². The van der Waals surface area contributed by atoms with E-state index in [0.717, 1.165) is 65.4 Å². The van der Waals surface area contributed by atoms with Crippen LogP contribution in [0.2, 0.25) is 10.0 Å². The first kappa shape index (κ1) is 50.6. The molecule has 3 aliphatic rings. The van der Waals surface area contributed by atoms with Crippen LogP contribution >= 0.6 is 23.2 Å². The molecular weight excluding hydrogens is 930 g/mol. The van der Waals surface area contributed by atoms with Crippen LogP contribution in [-0.2, 0) is 56.9 Å². The first-order valence-corrected chi connectivity index (χ1v) is 25.0. The summed E-state index contributed by atoms with van der Waals surface area (Å²) in [6, 6.07) is 26.6. The predicted molar refractivity (Wildman–Crippen MR) is 270 cm³/mol. The number of methoxy groups -OCH3 is 1. The molecule has 0 radical (unpaired) electrons. The Bertz CT molecular complexity index is 2640. The maximum atomic E-state index is 14.6. The average molecular weight is 993 g/mol. The summed E-state index contributed by atoms with van der Waals surface area (Å²) in [5.41, 5.74) is 4.90. The fraction of sp³-hybridized carbons (Fsp3) is 0.426. The molecule has 0 spiro atoms. The Morgan fingerprint density at radius 3 is 2.40 bits per heavy atom. The van der Waals surface area contributed by atoms with Gasteiger partial charge < -0.3 is 40.0 Å². The minimum Gasteiger partial charge on any atom is -0.481 e. The third-order valence-electron chi connectivity index (χ3n) is 14.1. The third-order valence-corrected chi connectivity index (χ3v) is 14.6. The standard InChI is InChI=1S/C54H63Cl2N7O7/c1-35(57-30-39-13-19-41(56)27-48(39)70-42-20-14-38(15-21-42)47-31-58-49(61(47)2)32-62-24-6-7-25-62)51(66)59-46(33-69-3)52(67)60-54(29-36-11-17-40(55)18-12-36)23-8-26-63(34-54)53(68)45(28-50(64)65)44-22-16-37-9-4-5-10-43(37)44/h4-5,9-15,17-21,27,31,35,44-46,57H,6-8,16,22-26,28-30,32-34H2,1-3H3,(H,59,66)(H,60,67)(H,64,65)/t35?,44-,45?,46?,54+/m0/s1. The fourth-order valence-electron chi connectivity index (χ4n) is 10.4. The van der Waals surface area contributed by atoms with E-state index in [4.69, 9.17) is 37.7 Å². The molecule has 3 amide bonds. The van der Waals surface area contributed by atoms with Crippen LogP contribution in [0.15, 0.2) is 97.2 Å².